The number of rotatable bonds is 7. The Morgan fingerprint density at radius 1 is 1.21 bits per heavy atom. The van der Waals surface area contributed by atoms with Crippen LogP contribution in [-0.2, 0) is 11.3 Å². The van der Waals surface area contributed by atoms with Gasteiger partial charge in [0.1, 0.15) is 0 Å². The molecule has 6 nitrogen and oxygen atoms in total. The molecule has 0 unspecified atom stereocenters. The van der Waals surface area contributed by atoms with Crippen LogP contribution in [0.2, 0.25) is 0 Å². The summed E-state index contributed by atoms with van der Waals surface area (Å²) >= 11 is 0. The highest BCUT2D eigenvalue weighted by molar-refractivity contribution is 5.79. The second-order valence-corrected chi connectivity index (χ2v) is 6.17. The summed E-state index contributed by atoms with van der Waals surface area (Å²) in [7, 11) is 1.78. The predicted molar refractivity (Wildman–Crippen MR) is 93.6 cm³/mol. The summed E-state index contributed by atoms with van der Waals surface area (Å²) in [6.07, 6.45) is 6.58. The highest BCUT2D eigenvalue weighted by Crippen LogP contribution is 2.32. The topological polar surface area (TPSA) is 64.1 Å². The molecule has 1 heterocycles. The zero-order chi connectivity index (χ0) is 16.6. The smallest absolute Gasteiger partial charge is 0.231 e. The minimum Gasteiger partial charge on any atom is -0.454 e. The van der Waals surface area contributed by atoms with Crippen molar-refractivity contribution in [2.75, 3.05) is 27.0 Å². The third-order valence-electron chi connectivity index (χ3n) is 4.39. The molecule has 1 aliphatic heterocycles. The van der Waals surface area contributed by atoms with Crippen molar-refractivity contribution in [1.29, 1.82) is 0 Å². The van der Waals surface area contributed by atoms with Crippen LogP contribution in [0.25, 0.3) is 0 Å². The van der Waals surface area contributed by atoms with Gasteiger partial charge in [-0.2, -0.15) is 0 Å². The first-order chi connectivity index (χ1) is 11.8. The van der Waals surface area contributed by atoms with Gasteiger partial charge in [-0.1, -0.05) is 18.9 Å². The maximum Gasteiger partial charge on any atom is 0.231 e. The Morgan fingerprint density at radius 2 is 2.04 bits per heavy atom. The van der Waals surface area contributed by atoms with Crippen molar-refractivity contribution in [2.45, 2.75) is 44.8 Å². The zero-order valence-corrected chi connectivity index (χ0v) is 14.3. The van der Waals surface area contributed by atoms with Crippen LogP contribution in [0.5, 0.6) is 11.5 Å². The van der Waals surface area contributed by atoms with E-state index >= 15 is 0 Å². The van der Waals surface area contributed by atoms with Crippen molar-refractivity contribution in [2.24, 2.45) is 4.99 Å². The van der Waals surface area contributed by atoms with E-state index in [-0.39, 0.29) is 0 Å². The summed E-state index contributed by atoms with van der Waals surface area (Å²) < 4.78 is 16.6. The molecular formula is C18H27N3O3. The molecule has 1 aromatic carbocycles. The Kier molecular flexibility index (Phi) is 6.18. The number of hydrogen-bond acceptors (Lipinski definition) is 4. The van der Waals surface area contributed by atoms with E-state index in [0.717, 1.165) is 42.6 Å². The minimum atomic E-state index is 0.304. The van der Waals surface area contributed by atoms with Gasteiger partial charge in [-0.3, -0.25) is 4.99 Å². The minimum absolute atomic E-state index is 0.304. The summed E-state index contributed by atoms with van der Waals surface area (Å²) in [4.78, 5) is 4.25. The Balaban J connectivity index is 1.33. The van der Waals surface area contributed by atoms with Gasteiger partial charge >= 0.3 is 0 Å². The summed E-state index contributed by atoms with van der Waals surface area (Å²) in [5.74, 6) is 2.42. The van der Waals surface area contributed by atoms with Crippen LogP contribution in [0, 0.1) is 0 Å². The van der Waals surface area contributed by atoms with Gasteiger partial charge in [0, 0.05) is 26.7 Å². The molecule has 0 bridgehead atoms. The van der Waals surface area contributed by atoms with E-state index in [1.807, 2.05) is 18.2 Å². The van der Waals surface area contributed by atoms with Crippen molar-refractivity contribution in [1.82, 2.24) is 10.6 Å². The van der Waals surface area contributed by atoms with Crippen molar-refractivity contribution in [3.63, 3.8) is 0 Å². The van der Waals surface area contributed by atoms with Crippen LogP contribution in [0.1, 0.15) is 37.7 Å². The largest absolute Gasteiger partial charge is 0.454 e. The quantitative estimate of drug-likeness (QED) is 0.456. The molecule has 1 fully saturated rings. The van der Waals surface area contributed by atoms with Crippen LogP contribution in [0.4, 0.5) is 0 Å². The number of nitrogens with one attached hydrogen (secondary N) is 2. The first kappa shape index (κ1) is 16.9. The second kappa shape index (κ2) is 8.78. The summed E-state index contributed by atoms with van der Waals surface area (Å²) in [5.41, 5.74) is 1.13. The van der Waals surface area contributed by atoms with E-state index in [9.17, 15) is 0 Å². The van der Waals surface area contributed by atoms with Gasteiger partial charge in [0.15, 0.2) is 17.5 Å². The Labute approximate surface area is 143 Å². The maximum absolute atomic E-state index is 5.86. The fourth-order valence-electron chi connectivity index (χ4n) is 3.04. The molecular weight excluding hydrogens is 306 g/mol. The van der Waals surface area contributed by atoms with Crippen LogP contribution < -0.4 is 20.1 Å². The number of benzene rings is 1. The average Bonchev–Trinajstić information content (AvgIpc) is 3.28. The van der Waals surface area contributed by atoms with Crippen LogP contribution in [0.3, 0.4) is 0 Å². The molecule has 0 spiro atoms. The van der Waals surface area contributed by atoms with Crippen molar-refractivity contribution >= 4 is 5.96 Å². The standard InChI is InChI=1S/C18H27N3O3/c1-19-18(20-9-4-10-22-15-5-2-3-6-15)21-12-14-7-8-16-17(11-14)24-13-23-16/h7-8,11,15H,2-6,9-10,12-13H2,1H3,(H2,19,20,21). The van der Waals surface area contributed by atoms with Gasteiger partial charge < -0.3 is 24.8 Å². The van der Waals surface area contributed by atoms with E-state index in [1.54, 1.807) is 7.05 Å². The number of ether oxygens (including phenoxy) is 3. The molecule has 1 aliphatic carbocycles. The van der Waals surface area contributed by atoms with Crippen LogP contribution in [0.15, 0.2) is 23.2 Å². The third-order valence-corrected chi connectivity index (χ3v) is 4.39. The van der Waals surface area contributed by atoms with E-state index in [2.05, 4.69) is 15.6 Å². The lowest BCUT2D eigenvalue weighted by Gasteiger charge is -2.14. The van der Waals surface area contributed by atoms with E-state index in [0.29, 0.717) is 19.4 Å². The highest BCUT2D eigenvalue weighted by Gasteiger charge is 2.15. The SMILES string of the molecule is CN=C(NCCCOC1CCCC1)NCc1ccc2c(c1)OCO2. The lowest BCUT2D eigenvalue weighted by molar-refractivity contribution is 0.0574. The van der Waals surface area contributed by atoms with E-state index < -0.39 is 0 Å². The monoisotopic (exact) mass is 333 g/mol. The van der Waals surface area contributed by atoms with Gasteiger partial charge in [0.05, 0.1) is 6.10 Å². The Hall–Kier alpha value is -1.95. The highest BCUT2D eigenvalue weighted by atomic mass is 16.7. The number of nitrogens with zero attached hydrogens (tertiary/aromatic N) is 1. The third kappa shape index (κ3) is 4.77. The predicted octanol–water partition coefficient (Wildman–Crippen LogP) is 2.43. The maximum atomic E-state index is 5.86. The van der Waals surface area contributed by atoms with Crippen LogP contribution in [-0.4, -0.2) is 39.1 Å². The lowest BCUT2D eigenvalue weighted by atomic mass is 10.2. The fourth-order valence-corrected chi connectivity index (χ4v) is 3.04. The van der Waals surface area contributed by atoms with Crippen molar-refractivity contribution in [3.8, 4) is 11.5 Å². The second-order valence-electron chi connectivity index (χ2n) is 6.17. The molecule has 0 amide bonds. The van der Waals surface area contributed by atoms with Crippen LogP contribution >= 0.6 is 0 Å². The Morgan fingerprint density at radius 3 is 2.88 bits per heavy atom. The fraction of sp³-hybridized carbons (Fsp3) is 0.611. The zero-order valence-electron chi connectivity index (χ0n) is 14.3. The first-order valence-electron chi connectivity index (χ1n) is 8.80. The molecule has 6 heteroatoms. The molecule has 132 valence electrons. The molecule has 24 heavy (non-hydrogen) atoms. The molecule has 3 rings (SSSR count). The van der Waals surface area contributed by atoms with Gasteiger partial charge in [0.2, 0.25) is 6.79 Å². The molecule has 1 aromatic rings. The molecule has 2 aliphatic rings. The average molecular weight is 333 g/mol. The summed E-state index contributed by atoms with van der Waals surface area (Å²) in [6.45, 7) is 2.66. The van der Waals surface area contributed by atoms with E-state index in [4.69, 9.17) is 14.2 Å². The number of fused-ring (bicyclic) bond motifs is 1. The molecule has 0 aromatic heterocycles. The summed E-state index contributed by atoms with van der Waals surface area (Å²) in [5, 5.41) is 6.63. The normalized spacial score (nSPS) is 17.3. The van der Waals surface area contributed by atoms with Gasteiger partial charge in [-0.25, -0.2) is 0 Å². The first-order valence-corrected chi connectivity index (χ1v) is 8.80. The van der Waals surface area contributed by atoms with E-state index in [1.165, 1.54) is 25.7 Å². The molecule has 0 saturated heterocycles. The Bertz CT molecular complexity index is 556. The van der Waals surface area contributed by atoms with Gasteiger partial charge in [-0.15, -0.1) is 0 Å². The molecule has 0 atom stereocenters. The van der Waals surface area contributed by atoms with Crippen molar-refractivity contribution < 1.29 is 14.2 Å². The molecule has 0 radical (unpaired) electrons. The number of guanidine groups is 1. The van der Waals surface area contributed by atoms with Gasteiger partial charge in [-0.05, 0) is 37.0 Å². The number of aliphatic imine (C=N–C) groups is 1. The lowest BCUT2D eigenvalue weighted by Crippen LogP contribution is -2.37. The molecule has 1 saturated carbocycles. The van der Waals surface area contributed by atoms with Gasteiger partial charge in [0.25, 0.3) is 0 Å². The number of hydrogen-bond donors (Lipinski definition) is 2. The summed E-state index contributed by atoms with van der Waals surface area (Å²) in [6, 6.07) is 5.97. The van der Waals surface area contributed by atoms with Crippen molar-refractivity contribution in [3.05, 3.63) is 23.8 Å². The molecule has 2 N–H and O–H groups in total.